The number of rotatable bonds is 8. The molecule has 0 atom stereocenters. The Morgan fingerprint density at radius 3 is 2.67 bits per heavy atom. The van der Waals surface area contributed by atoms with E-state index in [0.717, 1.165) is 19.1 Å². The molecule has 18 heavy (non-hydrogen) atoms. The third kappa shape index (κ3) is 3.95. The van der Waals surface area contributed by atoms with Crippen molar-refractivity contribution < 1.29 is 14.3 Å². The number of ether oxygens (including phenoxy) is 2. The van der Waals surface area contributed by atoms with E-state index in [1.54, 1.807) is 12.1 Å². The second kappa shape index (κ2) is 7.58. The van der Waals surface area contributed by atoms with Gasteiger partial charge in [-0.15, -0.1) is 0 Å². The van der Waals surface area contributed by atoms with Gasteiger partial charge in [-0.25, -0.2) is 0 Å². The first-order chi connectivity index (χ1) is 8.72. The molecular formula is C14H21NO3. The van der Waals surface area contributed by atoms with Crippen molar-refractivity contribution >= 4 is 12.0 Å². The number of aldehydes is 1. The van der Waals surface area contributed by atoms with Crippen LogP contribution in [0.4, 0.5) is 5.69 Å². The Morgan fingerprint density at radius 1 is 1.28 bits per heavy atom. The van der Waals surface area contributed by atoms with Gasteiger partial charge in [-0.1, -0.05) is 26.2 Å². The van der Waals surface area contributed by atoms with Crippen LogP contribution in [0.1, 0.15) is 43.0 Å². The minimum absolute atomic E-state index is 0.437. The summed E-state index contributed by atoms with van der Waals surface area (Å²) in [6.45, 7) is 2.78. The van der Waals surface area contributed by atoms with Crippen LogP contribution in [0, 0.1) is 0 Å². The summed E-state index contributed by atoms with van der Waals surface area (Å²) in [7, 11) is 1.54. The summed E-state index contributed by atoms with van der Waals surface area (Å²) in [4.78, 5) is 10.7. The zero-order valence-corrected chi connectivity index (χ0v) is 11.1. The molecule has 1 rings (SSSR count). The van der Waals surface area contributed by atoms with Gasteiger partial charge >= 0.3 is 0 Å². The van der Waals surface area contributed by atoms with Gasteiger partial charge in [0.2, 0.25) is 0 Å². The first kappa shape index (κ1) is 14.4. The molecule has 0 saturated heterocycles. The van der Waals surface area contributed by atoms with Crippen LogP contribution in [0.25, 0.3) is 0 Å². The highest BCUT2D eigenvalue weighted by atomic mass is 16.5. The molecule has 0 unspecified atom stereocenters. The predicted molar refractivity (Wildman–Crippen MR) is 72.4 cm³/mol. The lowest BCUT2D eigenvalue weighted by molar-refractivity contribution is 0.112. The number of benzene rings is 1. The lowest BCUT2D eigenvalue weighted by atomic mass is 10.2. The second-order valence-electron chi connectivity index (χ2n) is 4.17. The van der Waals surface area contributed by atoms with Crippen molar-refractivity contribution in [2.75, 3.05) is 19.5 Å². The highest BCUT2D eigenvalue weighted by Crippen LogP contribution is 2.34. The molecule has 1 aromatic carbocycles. The fourth-order valence-corrected chi connectivity index (χ4v) is 1.72. The van der Waals surface area contributed by atoms with Crippen LogP contribution in [0.5, 0.6) is 11.5 Å². The van der Waals surface area contributed by atoms with E-state index in [1.165, 1.54) is 20.0 Å². The summed E-state index contributed by atoms with van der Waals surface area (Å²) in [5.41, 5.74) is 6.78. The maximum absolute atomic E-state index is 10.7. The van der Waals surface area contributed by atoms with Crippen LogP contribution in [-0.4, -0.2) is 20.0 Å². The average Bonchev–Trinajstić information content (AvgIpc) is 2.39. The van der Waals surface area contributed by atoms with E-state index in [-0.39, 0.29) is 0 Å². The van der Waals surface area contributed by atoms with Crippen molar-refractivity contribution in [3.63, 3.8) is 0 Å². The van der Waals surface area contributed by atoms with Crippen molar-refractivity contribution in [2.24, 2.45) is 0 Å². The number of nitrogens with two attached hydrogens (primary N) is 1. The van der Waals surface area contributed by atoms with Crippen LogP contribution in [0.15, 0.2) is 12.1 Å². The van der Waals surface area contributed by atoms with E-state index in [2.05, 4.69) is 6.92 Å². The fraction of sp³-hybridized carbons (Fsp3) is 0.500. The number of methoxy groups -OCH3 is 1. The van der Waals surface area contributed by atoms with Crippen LogP contribution < -0.4 is 15.2 Å². The SMILES string of the molecule is CCCCCCOc1c(N)cc(C=O)cc1OC. The molecule has 0 radical (unpaired) electrons. The number of unbranched alkanes of at least 4 members (excludes halogenated alkanes) is 3. The summed E-state index contributed by atoms with van der Waals surface area (Å²) in [5, 5.41) is 0. The van der Waals surface area contributed by atoms with Gasteiger partial charge in [0.05, 0.1) is 19.4 Å². The zero-order valence-electron chi connectivity index (χ0n) is 11.1. The molecule has 0 aliphatic heterocycles. The minimum atomic E-state index is 0.437. The second-order valence-corrected chi connectivity index (χ2v) is 4.17. The number of carbonyl (C=O) groups is 1. The van der Waals surface area contributed by atoms with Crippen molar-refractivity contribution in [3.05, 3.63) is 17.7 Å². The summed E-state index contributed by atoms with van der Waals surface area (Å²) < 4.78 is 10.8. The van der Waals surface area contributed by atoms with Crippen molar-refractivity contribution in [1.29, 1.82) is 0 Å². The van der Waals surface area contributed by atoms with Crippen LogP contribution in [0.3, 0.4) is 0 Å². The van der Waals surface area contributed by atoms with Gasteiger partial charge in [0.25, 0.3) is 0 Å². The zero-order chi connectivity index (χ0) is 13.4. The molecule has 0 aliphatic rings. The lowest BCUT2D eigenvalue weighted by Crippen LogP contribution is -2.03. The first-order valence-electron chi connectivity index (χ1n) is 6.28. The summed E-state index contributed by atoms with van der Waals surface area (Å²) in [6, 6.07) is 3.22. The van der Waals surface area contributed by atoms with Gasteiger partial charge in [-0.05, 0) is 18.6 Å². The monoisotopic (exact) mass is 251 g/mol. The Bertz CT molecular complexity index is 391. The maximum atomic E-state index is 10.7. The van der Waals surface area contributed by atoms with E-state index in [0.29, 0.717) is 29.4 Å². The predicted octanol–water partition coefficient (Wildman–Crippen LogP) is 3.05. The highest BCUT2D eigenvalue weighted by Gasteiger charge is 2.10. The van der Waals surface area contributed by atoms with E-state index >= 15 is 0 Å². The number of hydrogen-bond acceptors (Lipinski definition) is 4. The van der Waals surface area contributed by atoms with E-state index in [9.17, 15) is 4.79 Å². The number of hydrogen-bond donors (Lipinski definition) is 1. The molecule has 0 bridgehead atoms. The molecule has 0 saturated carbocycles. The molecule has 0 amide bonds. The Kier molecular flexibility index (Phi) is 6.05. The van der Waals surface area contributed by atoms with Crippen molar-refractivity contribution in [2.45, 2.75) is 32.6 Å². The van der Waals surface area contributed by atoms with Gasteiger partial charge < -0.3 is 15.2 Å². The van der Waals surface area contributed by atoms with Gasteiger partial charge in [0.1, 0.15) is 6.29 Å². The maximum Gasteiger partial charge on any atom is 0.184 e. The largest absolute Gasteiger partial charge is 0.493 e. The first-order valence-corrected chi connectivity index (χ1v) is 6.28. The Balaban J connectivity index is 2.66. The minimum Gasteiger partial charge on any atom is -0.493 e. The molecule has 0 heterocycles. The molecule has 100 valence electrons. The molecule has 0 spiro atoms. The van der Waals surface area contributed by atoms with E-state index in [4.69, 9.17) is 15.2 Å². The third-order valence-electron chi connectivity index (χ3n) is 2.71. The summed E-state index contributed by atoms with van der Waals surface area (Å²) in [5.74, 6) is 1.03. The molecule has 0 aromatic heterocycles. The molecule has 1 aromatic rings. The van der Waals surface area contributed by atoms with Gasteiger partial charge in [-0.3, -0.25) is 4.79 Å². The normalized spacial score (nSPS) is 10.1. The summed E-state index contributed by atoms with van der Waals surface area (Å²) >= 11 is 0. The van der Waals surface area contributed by atoms with Gasteiger partial charge in [-0.2, -0.15) is 0 Å². The fourth-order valence-electron chi connectivity index (χ4n) is 1.72. The number of carbonyl (C=O) groups excluding carboxylic acids is 1. The average molecular weight is 251 g/mol. The van der Waals surface area contributed by atoms with Gasteiger partial charge in [0.15, 0.2) is 11.5 Å². The molecule has 0 fully saturated rings. The van der Waals surface area contributed by atoms with Crippen LogP contribution in [-0.2, 0) is 0 Å². The van der Waals surface area contributed by atoms with E-state index < -0.39 is 0 Å². The smallest absolute Gasteiger partial charge is 0.184 e. The Labute approximate surface area is 108 Å². The Morgan fingerprint density at radius 2 is 2.06 bits per heavy atom. The molecular weight excluding hydrogens is 230 g/mol. The number of nitrogen functional groups attached to an aromatic ring is 1. The highest BCUT2D eigenvalue weighted by molar-refractivity contribution is 5.80. The number of anilines is 1. The van der Waals surface area contributed by atoms with E-state index in [1.807, 2.05) is 0 Å². The lowest BCUT2D eigenvalue weighted by Gasteiger charge is -2.13. The quantitative estimate of drug-likeness (QED) is 0.438. The Hall–Kier alpha value is -1.71. The molecule has 2 N–H and O–H groups in total. The topological polar surface area (TPSA) is 61.5 Å². The van der Waals surface area contributed by atoms with Gasteiger partial charge in [0, 0.05) is 5.56 Å². The summed E-state index contributed by atoms with van der Waals surface area (Å²) in [6.07, 6.45) is 5.28. The van der Waals surface area contributed by atoms with Crippen LogP contribution >= 0.6 is 0 Å². The molecule has 4 heteroatoms. The molecule has 0 aliphatic carbocycles. The van der Waals surface area contributed by atoms with Crippen molar-refractivity contribution in [3.8, 4) is 11.5 Å². The van der Waals surface area contributed by atoms with Crippen LogP contribution in [0.2, 0.25) is 0 Å². The third-order valence-corrected chi connectivity index (χ3v) is 2.71. The standard InChI is InChI=1S/C14H21NO3/c1-3-4-5-6-7-18-14-12(15)8-11(10-16)9-13(14)17-2/h8-10H,3-7,15H2,1-2H3. The molecule has 4 nitrogen and oxygen atoms in total. The van der Waals surface area contributed by atoms with Crippen molar-refractivity contribution in [1.82, 2.24) is 0 Å².